The van der Waals surface area contributed by atoms with E-state index in [0.717, 1.165) is 13.0 Å². The Labute approximate surface area is 91.6 Å². The van der Waals surface area contributed by atoms with Crippen LogP contribution < -0.4 is 0 Å². The van der Waals surface area contributed by atoms with E-state index in [9.17, 15) is 4.79 Å². The van der Waals surface area contributed by atoms with Gasteiger partial charge in [-0.3, -0.25) is 4.79 Å². The van der Waals surface area contributed by atoms with Gasteiger partial charge in [0.25, 0.3) is 0 Å². The summed E-state index contributed by atoms with van der Waals surface area (Å²) >= 11 is 0. The number of carbonyl (C=O) groups is 1. The normalized spacial score (nSPS) is 14.9. The van der Waals surface area contributed by atoms with Gasteiger partial charge in [-0.2, -0.15) is 0 Å². The van der Waals surface area contributed by atoms with Crippen LogP contribution in [0, 0.1) is 0 Å². The van der Waals surface area contributed by atoms with Crippen molar-refractivity contribution in [2.75, 3.05) is 13.2 Å². The molecule has 0 aromatic heterocycles. The van der Waals surface area contributed by atoms with Crippen molar-refractivity contribution in [2.24, 2.45) is 0 Å². The van der Waals surface area contributed by atoms with E-state index in [1.807, 2.05) is 20.8 Å². The van der Waals surface area contributed by atoms with Crippen molar-refractivity contribution in [3.63, 3.8) is 0 Å². The van der Waals surface area contributed by atoms with E-state index in [1.54, 1.807) is 0 Å². The fourth-order valence-corrected chi connectivity index (χ4v) is 1.21. The standard InChI is InChI=1S/C11H22O4/c1-4-14-10(3)7-8-15-9(2)5-6-11(12)13/h9-10H,4-8H2,1-3H3,(H,12,13). The molecular weight excluding hydrogens is 196 g/mol. The summed E-state index contributed by atoms with van der Waals surface area (Å²) in [5.41, 5.74) is 0. The third-order valence-corrected chi connectivity index (χ3v) is 2.14. The predicted octanol–water partition coefficient (Wildman–Crippen LogP) is 2.07. The van der Waals surface area contributed by atoms with Crippen LogP contribution in [0.3, 0.4) is 0 Å². The van der Waals surface area contributed by atoms with Crippen LogP contribution in [0.15, 0.2) is 0 Å². The van der Waals surface area contributed by atoms with Crippen molar-refractivity contribution in [1.29, 1.82) is 0 Å². The fourth-order valence-electron chi connectivity index (χ4n) is 1.21. The van der Waals surface area contributed by atoms with Crippen LogP contribution in [-0.4, -0.2) is 36.5 Å². The van der Waals surface area contributed by atoms with Crippen LogP contribution in [0.2, 0.25) is 0 Å². The average Bonchev–Trinajstić information content (AvgIpc) is 2.15. The summed E-state index contributed by atoms with van der Waals surface area (Å²) in [5.74, 6) is -0.770. The van der Waals surface area contributed by atoms with Crippen molar-refractivity contribution in [3.8, 4) is 0 Å². The molecule has 4 heteroatoms. The summed E-state index contributed by atoms with van der Waals surface area (Å²) in [6.07, 6.45) is 1.81. The molecule has 0 aliphatic heterocycles. The van der Waals surface area contributed by atoms with Crippen LogP contribution in [0.25, 0.3) is 0 Å². The Hall–Kier alpha value is -0.610. The lowest BCUT2D eigenvalue weighted by molar-refractivity contribution is -0.137. The highest BCUT2D eigenvalue weighted by Gasteiger charge is 2.07. The number of aliphatic carboxylic acids is 1. The van der Waals surface area contributed by atoms with E-state index in [1.165, 1.54) is 0 Å². The second-order valence-electron chi connectivity index (χ2n) is 3.67. The number of carboxylic acid groups (broad SMARTS) is 1. The third-order valence-electron chi connectivity index (χ3n) is 2.14. The molecule has 0 aromatic carbocycles. The largest absolute Gasteiger partial charge is 0.481 e. The molecule has 0 aromatic rings. The summed E-state index contributed by atoms with van der Waals surface area (Å²) in [5, 5.41) is 8.47. The third kappa shape index (κ3) is 9.69. The van der Waals surface area contributed by atoms with Crippen LogP contribution in [-0.2, 0) is 14.3 Å². The van der Waals surface area contributed by atoms with Crippen molar-refractivity contribution in [1.82, 2.24) is 0 Å². The van der Waals surface area contributed by atoms with Gasteiger partial charge < -0.3 is 14.6 Å². The quantitative estimate of drug-likeness (QED) is 0.643. The molecule has 0 saturated heterocycles. The summed E-state index contributed by atoms with van der Waals surface area (Å²) in [6, 6.07) is 0. The highest BCUT2D eigenvalue weighted by Crippen LogP contribution is 2.04. The molecule has 0 spiro atoms. The van der Waals surface area contributed by atoms with Gasteiger partial charge in [0.2, 0.25) is 0 Å². The lowest BCUT2D eigenvalue weighted by Crippen LogP contribution is -2.16. The van der Waals surface area contributed by atoms with Gasteiger partial charge in [0.15, 0.2) is 0 Å². The molecule has 2 atom stereocenters. The minimum Gasteiger partial charge on any atom is -0.481 e. The fraction of sp³-hybridized carbons (Fsp3) is 0.909. The molecule has 0 fully saturated rings. The van der Waals surface area contributed by atoms with Crippen molar-refractivity contribution >= 4 is 5.97 Å². The first-order chi connectivity index (χ1) is 7.06. The predicted molar refractivity (Wildman–Crippen MR) is 58.0 cm³/mol. The Morgan fingerprint density at radius 3 is 2.33 bits per heavy atom. The summed E-state index contributed by atoms with van der Waals surface area (Å²) in [6.45, 7) is 7.22. The Morgan fingerprint density at radius 2 is 1.80 bits per heavy atom. The maximum atomic E-state index is 10.3. The first kappa shape index (κ1) is 14.4. The van der Waals surface area contributed by atoms with Crippen LogP contribution in [0.5, 0.6) is 0 Å². The first-order valence-corrected chi connectivity index (χ1v) is 5.51. The second-order valence-corrected chi connectivity index (χ2v) is 3.67. The number of rotatable bonds is 9. The van der Waals surface area contributed by atoms with Gasteiger partial charge in [0, 0.05) is 19.6 Å². The molecule has 4 nitrogen and oxygen atoms in total. The topological polar surface area (TPSA) is 55.8 Å². The molecule has 0 rings (SSSR count). The Balaban J connectivity index is 3.37. The Kier molecular flexibility index (Phi) is 8.33. The highest BCUT2D eigenvalue weighted by atomic mass is 16.5. The molecule has 2 unspecified atom stereocenters. The molecule has 0 bridgehead atoms. The van der Waals surface area contributed by atoms with Crippen molar-refractivity contribution in [3.05, 3.63) is 0 Å². The van der Waals surface area contributed by atoms with Gasteiger partial charge in [-0.1, -0.05) is 0 Å². The number of hydrogen-bond donors (Lipinski definition) is 1. The van der Waals surface area contributed by atoms with E-state index in [2.05, 4.69) is 0 Å². The molecule has 0 heterocycles. The SMILES string of the molecule is CCOC(C)CCOC(C)CCC(=O)O. The minimum absolute atomic E-state index is 0.00919. The average molecular weight is 218 g/mol. The van der Waals surface area contributed by atoms with E-state index < -0.39 is 5.97 Å². The van der Waals surface area contributed by atoms with E-state index >= 15 is 0 Å². The van der Waals surface area contributed by atoms with E-state index in [-0.39, 0.29) is 18.6 Å². The molecule has 0 aliphatic carbocycles. The molecule has 0 radical (unpaired) electrons. The number of ether oxygens (including phenoxy) is 2. The molecule has 0 saturated carbocycles. The number of hydrogen-bond acceptors (Lipinski definition) is 3. The lowest BCUT2D eigenvalue weighted by Gasteiger charge is -2.15. The zero-order chi connectivity index (χ0) is 11.7. The van der Waals surface area contributed by atoms with Crippen LogP contribution in [0.1, 0.15) is 40.0 Å². The Bertz CT molecular complexity index is 170. The molecule has 90 valence electrons. The van der Waals surface area contributed by atoms with Gasteiger partial charge in [-0.25, -0.2) is 0 Å². The highest BCUT2D eigenvalue weighted by molar-refractivity contribution is 5.66. The summed E-state index contributed by atoms with van der Waals surface area (Å²) < 4.78 is 10.8. The molecule has 0 amide bonds. The molecule has 1 N–H and O–H groups in total. The summed E-state index contributed by atoms with van der Waals surface area (Å²) in [4.78, 5) is 10.3. The molecule has 0 aliphatic rings. The van der Waals surface area contributed by atoms with Gasteiger partial charge in [0.1, 0.15) is 0 Å². The first-order valence-electron chi connectivity index (χ1n) is 5.51. The van der Waals surface area contributed by atoms with Crippen LogP contribution in [0.4, 0.5) is 0 Å². The smallest absolute Gasteiger partial charge is 0.303 e. The zero-order valence-corrected chi connectivity index (χ0v) is 9.86. The van der Waals surface area contributed by atoms with Crippen LogP contribution >= 0.6 is 0 Å². The van der Waals surface area contributed by atoms with E-state index in [4.69, 9.17) is 14.6 Å². The lowest BCUT2D eigenvalue weighted by atomic mass is 10.2. The summed E-state index contributed by atoms with van der Waals surface area (Å²) in [7, 11) is 0. The monoisotopic (exact) mass is 218 g/mol. The minimum atomic E-state index is -0.770. The maximum Gasteiger partial charge on any atom is 0.303 e. The number of carboxylic acids is 1. The zero-order valence-electron chi connectivity index (χ0n) is 9.86. The van der Waals surface area contributed by atoms with E-state index in [0.29, 0.717) is 13.0 Å². The maximum absolute atomic E-state index is 10.3. The van der Waals surface area contributed by atoms with Gasteiger partial charge in [0.05, 0.1) is 12.2 Å². The van der Waals surface area contributed by atoms with Gasteiger partial charge in [-0.15, -0.1) is 0 Å². The van der Waals surface area contributed by atoms with Crippen molar-refractivity contribution < 1.29 is 19.4 Å². The van der Waals surface area contributed by atoms with Gasteiger partial charge >= 0.3 is 5.97 Å². The van der Waals surface area contributed by atoms with Crippen molar-refractivity contribution in [2.45, 2.75) is 52.2 Å². The Morgan fingerprint density at radius 1 is 1.20 bits per heavy atom. The van der Waals surface area contributed by atoms with Gasteiger partial charge in [-0.05, 0) is 33.6 Å². The second kappa shape index (κ2) is 8.68. The molecular formula is C11H22O4. The molecule has 15 heavy (non-hydrogen) atoms.